The molecule has 0 aromatic carbocycles. The van der Waals surface area contributed by atoms with Gasteiger partial charge in [0.25, 0.3) is 0 Å². The molecule has 122 valence electrons. The molecule has 5 heteroatoms. The fourth-order valence-electron chi connectivity index (χ4n) is 2.16. The third-order valence-corrected chi connectivity index (χ3v) is 3.40. The first-order valence-corrected chi connectivity index (χ1v) is 8.00. The van der Waals surface area contributed by atoms with E-state index >= 15 is 0 Å². The molecule has 0 radical (unpaired) electrons. The van der Waals surface area contributed by atoms with Crippen molar-refractivity contribution in [1.82, 2.24) is 0 Å². The quantitative estimate of drug-likeness (QED) is 0.458. The molecule has 0 aromatic rings. The van der Waals surface area contributed by atoms with Crippen LogP contribution in [0.1, 0.15) is 58.8 Å². The lowest BCUT2D eigenvalue weighted by molar-refractivity contribution is -0.147. The van der Waals surface area contributed by atoms with Gasteiger partial charge in [0.15, 0.2) is 0 Å². The van der Waals surface area contributed by atoms with Crippen molar-refractivity contribution in [3.63, 3.8) is 0 Å². The van der Waals surface area contributed by atoms with Crippen LogP contribution in [0.4, 0.5) is 0 Å². The topological polar surface area (TPSA) is 61.8 Å². The first-order chi connectivity index (χ1) is 10.1. The van der Waals surface area contributed by atoms with Gasteiger partial charge in [-0.15, -0.1) is 0 Å². The van der Waals surface area contributed by atoms with Gasteiger partial charge in [0.1, 0.15) is 6.61 Å². The minimum Gasteiger partial charge on any atom is -0.466 e. The van der Waals surface area contributed by atoms with Gasteiger partial charge in [0, 0.05) is 19.4 Å². The first-order valence-electron chi connectivity index (χ1n) is 8.00. The van der Waals surface area contributed by atoms with Crippen LogP contribution in [-0.2, 0) is 23.8 Å². The summed E-state index contributed by atoms with van der Waals surface area (Å²) in [6.45, 7) is 5.85. The Hall–Kier alpha value is -1.10. The summed E-state index contributed by atoms with van der Waals surface area (Å²) in [4.78, 5) is 22.9. The minimum atomic E-state index is -0.266. The Balaban J connectivity index is 1.94. The van der Waals surface area contributed by atoms with Crippen molar-refractivity contribution in [1.29, 1.82) is 0 Å². The van der Waals surface area contributed by atoms with E-state index in [2.05, 4.69) is 13.8 Å². The highest BCUT2D eigenvalue weighted by Gasteiger charge is 2.17. The number of carbonyl (C=O) groups excluding carboxylic acids is 2. The number of ether oxygens (including phenoxy) is 3. The molecule has 5 nitrogen and oxygen atoms in total. The summed E-state index contributed by atoms with van der Waals surface area (Å²) in [5.74, 6) is 0.131. The Bertz CT molecular complexity index is 308. The zero-order valence-electron chi connectivity index (χ0n) is 13.3. The molecule has 0 aromatic heterocycles. The van der Waals surface area contributed by atoms with E-state index in [9.17, 15) is 9.59 Å². The molecule has 21 heavy (non-hydrogen) atoms. The lowest BCUT2D eigenvalue weighted by atomic mass is 10.1. The Morgan fingerprint density at radius 1 is 1.14 bits per heavy atom. The lowest BCUT2D eigenvalue weighted by Crippen LogP contribution is -2.17. The van der Waals surface area contributed by atoms with Gasteiger partial charge in [0.2, 0.25) is 0 Å². The van der Waals surface area contributed by atoms with Gasteiger partial charge < -0.3 is 14.2 Å². The molecule has 0 bridgehead atoms. The van der Waals surface area contributed by atoms with Gasteiger partial charge in [-0.2, -0.15) is 0 Å². The van der Waals surface area contributed by atoms with E-state index < -0.39 is 0 Å². The van der Waals surface area contributed by atoms with Gasteiger partial charge in [-0.05, 0) is 38.0 Å². The van der Waals surface area contributed by atoms with Gasteiger partial charge in [-0.3, -0.25) is 9.59 Å². The number of esters is 2. The van der Waals surface area contributed by atoms with Crippen molar-refractivity contribution in [3.05, 3.63) is 0 Å². The fourth-order valence-corrected chi connectivity index (χ4v) is 2.16. The number of rotatable bonds is 10. The largest absolute Gasteiger partial charge is 0.466 e. The number of hydrogen-bond acceptors (Lipinski definition) is 5. The molecular formula is C16H28O5. The van der Waals surface area contributed by atoms with Crippen molar-refractivity contribution >= 4 is 11.9 Å². The summed E-state index contributed by atoms with van der Waals surface area (Å²) in [6, 6.07) is 0. The van der Waals surface area contributed by atoms with E-state index in [1.807, 2.05) is 0 Å². The van der Waals surface area contributed by atoms with Crippen LogP contribution < -0.4 is 0 Å². The van der Waals surface area contributed by atoms with E-state index in [0.717, 1.165) is 32.3 Å². The molecule has 1 fully saturated rings. The van der Waals surface area contributed by atoms with Crippen molar-refractivity contribution in [2.75, 3.05) is 19.8 Å². The molecule has 0 N–H and O–H groups in total. The molecule has 0 saturated carbocycles. The molecule has 1 rings (SSSR count). The molecule has 1 atom stereocenters. The Morgan fingerprint density at radius 2 is 1.86 bits per heavy atom. The standard InChI is InChI=1S/C16H28O5/c1-13(2)6-4-11-20-15(17)8-3-9-16(18)21-12-14-7-5-10-19-14/h13-14H,3-12H2,1-2H3. The number of carbonyl (C=O) groups is 2. The van der Waals surface area contributed by atoms with E-state index in [4.69, 9.17) is 14.2 Å². The molecule has 1 unspecified atom stereocenters. The van der Waals surface area contributed by atoms with Gasteiger partial charge in [-0.25, -0.2) is 0 Å². The summed E-state index contributed by atoms with van der Waals surface area (Å²) >= 11 is 0. The van der Waals surface area contributed by atoms with E-state index in [0.29, 0.717) is 25.6 Å². The van der Waals surface area contributed by atoms with Gasteiger partial charge >= 0.3 is 11.9 Å². The van der Waals surface area contributed by atoms with E-state index in [1.165, 1.54) is 0 Å². The maximum absolute atomic E-state index is 11.5. The van der Waals surface area contributed by atoms with Gasteiger partial charge in [0.05, 0.1) is 12.7 Å². The SMILES string of the molecule is CC(C)CCCOC(=O)CCCC(=O)OCC1CCCO1. The Morgan fingerprint density at radius 3 is 2.48 bits per heavy atom. The second-order valence-electron chi connectivity index (χ2n) is 5.93. The number of hydrogen-bond donors (Lipinski definition) is 0. The summed E-state index contributed by atoms with van der Waals surface area (Å²) in [5.41, 5.74) is 0. The van der Waals surface area contributed by atoms with Crippen molar-refractivity contribution in [2.45, 2.75) is 64.9 Å². The normalized spacial score (nSPS) is 18.0. The third kappa shape index (κ3) is 9.45. The van der Waals surface area contributed by atoms with Crippen molar-refractivity contribution in [2.24, 2.45) is 5.92 Å². The smallest absolute Gasteiger partial charge is 0.305 e. The predicted molar refractivity (Wildman–Crippen MR) is 78.8 cm³/mol. The van der Waals surface area contributed by atoms with Crippen LogP contribution in [0.15, 0.2) is 0 Å². The highest BCUT2D eigenvalue weighted by Crippen LogP contribution is 2.12. The maximum atomic E-state index is 11.5. The molecule has 1 heterocycles. The summed E-state index contributed by atoms with van der Waals surface area (Å²) in [7, 11) is 0. The van der Waals surface area contributed by atoms with Crippen LogP contribution in [-0.4, -0.2) is 37.9 Å². The monoisotopic (exact) mass is 300 g/mol. The molecular weight excluding hydrogens is 272 g/mol. The summed E-state index contributed by atoms with van der Waals surface area (Å²) in [5, 5.41) is 0. The van der Waals surface area contributed by atoms with Crippen LogP contribution in [0.5, 0.6) is 0 Å². The lowest BCUT2D eigenvalue weighted by Gasteiger charge is -2.10. The molecule has 1 aliphatic rings. The molecule has 1 saturated heterocycles. The van der Waals surface area contributed by atoms with Crippen molar-refractivity contribution in [3.8, 4) is 0 Å². The zero-order valence-corrected chi connectivity index (χ0v) is 13.3. The van der Waals surface area contributed by atoms with Crippen LogP contribution in [0.3, 0.4) is 0 Å². The van der Waals surface area contributed by atoms with Gasteiger partial charge in [-0.1, -0.05) is 13.8 Å². The third-order valence-electron chi connectivity index (χ3n) is 3.40. The fraction of sp³-hybridized carbons (Fsp3) is 0.875. The molecule has 0 spiro atoms. The second kappa shape index (κ2) is 10.6. The highest BCUT2D eigenvalue weighted by atomic mass is 16.6. The molecule has 0 amide bonds. The zero-order chi connectivity index (χ0) is 15.5. The Kier molecular flexibility index (Phi) is 9.06. The Labute approximate surface area is 127 Å². The van der Waals surface area contributed by atoms with Crippen LogP contribution in [0.25, 0.3) is 0 Å². The maximum Gasteiger partial charge on any atom is 0.305 e. The van der Waals surface area contributed by atoms with Crippen LogP contribution >= 0.6 is 0 Å². The van der Waals surface area contributed by atoms with E-state index in [1.54, 1.807) is 0 Å². The average molecular weight is 300 g/mol. The van der Waals surface area contributed by atoms with Crippen molar-refractivity contribution < 1.29 is 23.8 Å². The second-order valence-corrected chi connectivity index (χ2v) is 5.93. The van der Waals surface area contributed by atoms with E-state index in [-0.39, 0.29) is 30.9 Å². The molecule has 0 aliphatic carbocycles. The average Bonchev–Trinajstić information content (AvgIpc) is 2.94. The summed E-state index contributed by atoms with van der Waals surface area (Å²) in [6.07, 6.45) is 5.01. The van der Waals surface area contributed by atoms with Crippen LogP contribution in [0, 0.1) is 5.92 Å². The molecule has 1 aliphatic heterocycles. The minimum absolute atomic E-state index is 0.0554. The highest BCUT2D eigenvalue weighted by molar-refractivity contribution is 5.72. The first kappa shape index (κ1) is 18.0. The predicted octanol–water partition coefficient (Wildman–Crippen LogP) is 2.86. The summed E-state index contributed by atoms with van der Waals surface area (Å²) < 4.78 is 15.6. The van der Waals surface area contributed by atoms with Crippen LogP contribution in [0.2, 0.25) is 0 Å².